The van der Waals surface area contributed by atoms with Crippen molar-refractivity contribution in [1.29, 1.82) is 0 Å². The highest BCUT2D eigenvalue weighted by Crippen LogP contribution is 2.30. The van der Waals surface area contributed by atoms with Crippen molar-refractivity contribution < 1.29 is 22.7 Å². The first-order valence-corrected chi connectivity index (χ1v) is 13.5. The van der Waals surface area contributed by atoms with Gasteiger partial charge in [-0.1, -0.05) is 12.1 Å². The lowest BCUT2D eigenvalue weighted by atomic mass is 10.1. The van der Waals surface area contributed by atoms with Gasteiger partial charge >= 0.3 is 0 Å². The Morgan fingerprint density at radius 1 is 1.15 bits per heavy atom. The molecule has 2 aromatic carbocycles. The number of fused-ring (bicyclic) bond motifs is 1. The van der Waals surface area contributed by atoms with Crippen molar-refractivity contribution in [2.75, 3.05) is 26.3 Å². The van der Waals surface area contributed by atoms with Crippen molar-refractivity contribution in [3.8, 4) is 11.5 Å². The summed E-state index contributed by atoms with van der Waals surface area (Å²) in [5.41, 5.74) is 1.87. The number of hydrogen-bond acceptors (Lipinski definition) is 8. The average Bonchev–Trinajstić information content (AvgIpc) is 3.51. The maximum Gasteiger partial charge on any atom is 0.246 e. The third kappa shape index (κ3) is 5.01. The van der Waals surface area contributed by atoms with Crippen molar-refractivity contribution in [3.63, 3.8) is 0 Å². The molecule has 182 valence electrons. The second-order valence-electron chi connectivity index (χ2n) is 7.85. The lowest BCUT2D eigenvalue weighted by molar-refractivity contribution is -0.124. The number of aromatic nitrogens is 2. The van der Waals surface area contributed by atoms with Crippen LogP contribution in [-0.2, 0) is 21.2 Å². The molecular weight excluding hydrogens is 476 g/mol. The predicted molar refractivity (Wildman–Crippen MR) is 130 cm³/mol. The van der Waals surface area contributed by atoms with Crippen LogP contribution in [0.2, 0.25) is 0 Å². The second kappa shape index (κ2) is 10.7. The molecule has 0 unspecified atom stereocenters. The summed E-state index contributed by atoms with van der Waals surface area (Å²) in [6, 6.07) is 9.87. The fraction of sp³-hybridized carbons (Fsp3) is 0.435. The Hall–Kier alpha value is -2.76. The maximum absolute atomic E-state index is 13.4. The molecular formula is C23H28N4O5S2. The van der Waals surface area contributed by atoms with Crippen molar-refractivity contribution in [1.82, 2.24) is 18.4 Å². The Morgan fingerprint density at radius 3 is 2.74 bits per heavy atom. The van der Waals surface area contributed by atoms with Gasteiger partial charge in [-0.15, -0.1) is 0 Å². The largest absolute Gasteiger partial charge is 0.490 e. The molecule has 1 atom stereocenters. The maximum atomic E-state index is 13.4. The first kappa shape index (κ1) is 24.4. The number of nitrogens with one attached hydrogen (secondary N) is 1. The zero-order valence-electron chi connectivity index (χ0n) is 19.2. The number of nitrogens with zero attached hydrogens (tertiary/aromatic N) is 3. The molecule has 9 nitrogen and oxygen atoms in total. The predicted octanol–water partition coefficient (Wildman–Crippen LogP) is 3.00. The van der Waals surface area contributed by atoms with Crippen LogP contribution in [0.1, 0.15) is 32.3 Å². The average molecular weight is 505 g/mol. The van der Waals surface area contributed by atoms with E-state index in [4.69, 9.17) is 9.47 Å². The van der Waals surface area contributed by atoms with Crippen LogP contribution in [0, 0.1) is 0 Å². The van der Waals surface area contributed by atoms with Crippen LogP contribution in [-0.4, -0.2) is 59.7 Å². The van der Waals surface area contributed by atoms with Crippen LogP contribution in [0.5, 0.6) is 11.5 Å². The minimum atomic E-state index is -3.88. The minimum Gasteiger partial charge on any atom is -0.490 e. The molecule has 1 saturated heterocycles. The summed E-state index contributed by atoms with van der Waals surface area (Å²) < 4.78 is 47.6. The molecule has 1 amide bonds. The molecule has 11 heteroatoms. The van der Waals surface area contributed by atoms with Crippen LogP contribution in [0.25, 0.3) is 11.0 Å². The smallest absolute Gasteiger partial charge is 0.246 e. The van der Waals surface area contributed by atoms with E-state index < -0.39 is 16.1 Å². The molecule has 3 aromatic rings. The molecule has 0 aliphatic carbocycles. The molecule has 0 radical (unpaired) electrons. The highest BCUT2D eigenvalue weighted by atomic mass is 32.2. The summed E-state index contributed by atoms with van der Waals surface area (Å²) in [6.45, 7) is 5.58. The summed E-state index contributed by atoms with van der Waals surface area (Å²) >= 11 is 0.970. The Kier molecular flexibility index (Phi) is 7.64. The molecule has 0 spiro atoms. The van der Waals surface area contributed by atoms with E-state index in [1.807, 2.05) is 32.0 Å². The van der Waals surface area contributed by atoms with Gasteiger partial charge in [0.25, 0.3) is 0 Å². The molecule has 1 N–H and O–H groups in total. The zero-order chi connectivity index (χ0) is 24.1. The molecule has 0 saturated carbocycles. The van der Waals surface area contributed by atoms with E-state index in [1.165, 1.54) is 10.4 Å². The lowest BCUT2D eigenvalue weighted by Crippen LogP contribution is -2.46. The van der Waals surface area contributed by atoms with Crippen molar-refractivity contribution >= 4 is 38.7 Å². The number of carbonyl (C=O) groups is 1. The Bertz CT molecular complexity index is 1260. The van der Waals surface area contributed by atoms with Crippen LogP contribution in [0.15, 0.2) is 41.3 Å². The van der Waals surface area contributed by atoms with E-state index in [0.717, 1.165) is 17.3 Å². The molecule has 0 bridgehead atoms. The summed E-state index contributed by atoms with van der Waals surface area (Å²) in [5.74, 6) is 1.07. The highest BCUT2D eigenvalue weighted by Gasteiger charge is 2.40. The van der Waals surface area contributed by atoms with Gasteiger partial charge in [-0.25, -0.2) is 8.42 Å². The second-order valence-corrected chi connectivity index (χ2v) is 10.2. The number of hydrogen-bond donors (Lipinski definition) is 1. The van der Waals surface area contributed by atoms with Gasteiger partial charge < -0.3 is 14.8 Å². The highest BCUT2D eigenvalue weighted by molar-refractivity contribution is 7.89. The number of rotatable bonds is 10. The molecule has 2 heterocycles. The van der Waals surface area contributed by atoms with E-state index in [2.05, 4.69) is 14.1 Å². The minimum absolute atomic E-state index is 0.0938. The van der Waals surface area contributed by atoms with Crippen LogP contribution >= 0.6 is 11.7 Å². The zero-order valence-corrected chi connectivity index (χ0v) is 20.8. The molecule has 1 aromatic heterocycles. The van der Waals surface area contributed by atoms with E-state index in [-0.39, 0.29) is 10.8 Å². The first-order chi connectivity index (χ1) is 16.5. The van der Waals surface area contributed by atoms with Crippen LogP contribution in [0.3, 0.4) is 0 Å². The van der Waals surface area contributed by atoms with Gasteiger partial charge in [0, 0.05) is 13.1 Å². The lowest BCUT2D eigenvalue weighted by Gasteiger charge is -2.23. The molecule has 34 heavy (non-hydrogen) atoms. The molecule has 1 fully saturated rings. The number of carbonyl (C=O) groups excluding carboxylic acids is 1. The van der Waals surface area contributed by atoms with E-state index in [9.17, 15) is 13.2 Å². The molecule has 1 aliphatic rings. The number of amides is 1. The van der Waals surface area contributed by atoms with Gasteiger partial charge in [0.1, 0.15) is 22.0 Å². The summed E-state index contributed by atoms with van der Waals surface area (Å²) in [7, 11) is -3.88. The van der Waals surface area contributed by atoms with Crippen molar-refractivity contribution in [2.24, 2.45) is 0 Å². The van der Waals surface area contributed by atoms with E-state index >= 15 is 0 Å². The van der Waals surface area contributed by atoms with E-state index in [0.29, 0.717) is 68.1 Å². The van der Waals surface area contributed by atoms with Crippen molar-refractivity contribution in [3.05, 3.63) is 42.0 Å². The summed E-state index contributed by atoms with van der Waals surface area (Å²) in [6.07, 6.45) is 1.69. The van der Waals surface area contributed by atoms with Crippen molar-refractivity contribution in [2.45, 2.75) is 44.0 Å². The normalized spacial score (nSPS) is 16.6. The monoisotopic (exact) mass is 504 g/mol. The number of ether oxygens (including phenoxy) is 2. The van der Waals surface area contributed by atoms with Crippen LogP contribution in [0.4, 0.5) is 0 Å². The first-order valence-electron chi connectivity index (χ1n) is 11.3. The number of benzene rings is 2. The Labute approximate surface area is 203 Å². The Morgan fingerprint density at radius 2 is 1.94 bits per heavy atom. The molecule has 4 rings (SSSR count). The Balaban J connectivity index is 1.42. The fourth-order valence-corrected chi connectivity index (χ4v) is 6.52. The van der Waals surface area contributed by atoms with Gasteiger partial charge in [0.05, 0.1) is 24.9 Å². The number of sulfonamides is 1. The summed E-state index contributed by atoms with van der Waals surface area (Å²) in [5, 5.41) is 2.91. The van der Waals surface area contributed by atoms with Gasteiger partial charge in [-0.05, 0) is 62.9 Å². The quantitative estimate of drug-likeness (QED) is 0.452. The van der Waals surface area contributed by atoms with Gasteiger partial charge in [0.2, 0.25) is 15.9 Å². The SMILES string of the molecule is CCOc1ccc(CCNC(=O)[C@@H]2CCCN2S(=O)(=O)c2cccc3nsnc23)cc1OCC. The molecule has 1 aliphatic heterocycles. The third-order valence-electron chi connectivity index (χ3n) is 5.66. The van der Waals surface area contributed by atoms with Gasteiger partial charge in [-0.3, -0.25) is 4.79 Å². The van der Waals surface area contributed by atoms with Gasteiger partial charge in [0.15, 0.2) is 11.5 Å². The topological polar surface area (TPSA) is 111 Å². The third-order valence-corrected chi connectivity index (χ3v) is 8.15. The summed E-state index contributed by atoms with van der Waals surface area (Å²) in [4.78, 5) is 13.1. The van der Waals surface area contributed by atoms with E-state index in [1.54, 1.807) is 12.1 Å². The fourth-order valence-electron chi connectivity index (χ4n) is 4.10. The van der Waals surface area contributed by atoms with Crippen LogP contribution < -0.4 is 14.8 Å². The van der Waals surface area contributed by atoms with Gasteiger partial charge in [-0.2, -0.15) is 13.1 Å². The standard InChI is InChI=1S/C23H28N4O5S2/c1-3-31-19-11-10-16(15-20(19)32-4-2)12-13-24-23(28)18-8-6-14-27(18)34(29,30)21-9-5-7-17-22(21)26-33-25-17/h5,7,9-11,15,18H,3-4,6,8,12-14H2,1-2H3,(H,24,28)/t18-/m0/s1.